The van der Waals surface area contributed by atoms with Crippen LogP contribution in [-0.4, -0.2) is 14.5 Å². The molecule has 6 heteroatoms. The van der Waals surface area contributed by atoms with E-state index in [1.807, 2.05) is 28.7 Å². The maximum atomic E-state index is 11.7. The predicted molar refractivity (Wildman–Crippen MR) is 69.0 cm³/mol. The maximum Gasteiger partial charge on any atom is 0.267 e. The highest BCUT2D eigenvalue weighted by molar-refractivity contribution is 14.1. The lowest BCUT2D eigenvalue weighted by atomic mass is 10.2. The number of hydrogen-bond donors (Lipinski definition) is 1. The number of nitrogens with zero attached hydrogens (tertiary/aromatic N) is 3. The highest BCUT2D eigenvalue weighted by Gasteiger charge is 2.02. The van der Waals surface area contributed by atoms with Crippen molar-refractivity contribution >= 4 is 28.4 Å². The Morgan fingerprint density at radius 2 is 2.31 bits per heavy atom. The smallest absolute Gasteiger partial charge is 0.267 e. The summed E-state index contributed by atoms with van der Waals surface area (Å²) >= 11 is 1.97. The third kappa shape index (κ3) is 2.38. The van der Waals surface area contributed by atoms with Gasteiger partial charge in [0.15, 0.2) is 0 Å². The fourth-order valence-electron chi connectivity index (χ4n) is 1.33. The van der Waals surface area contributed by atoms with Crippen molar-refractivity contribution in [1.29, 1.82) is 0 Å². The molecular formula is C10H9IN4O. The van der Waals surface area contributed by atoms with Crippen LogP contribution in [0.15, 0.2) is 35.6 Å². The number of hydrogen-bond acceptors (Lipinski definition) is 4. The SMILES string of the molecule is Nc1cc(Cn2cncc(I)c2=O)ccn1. The molecule has 0 fully saturated rings. The van der Waals surface area contributed by atoms with Gasteiger partial charge in [-0.2, -0.15) is 0 Å². The highest BCUT2D eigenvalue weighted by atomic mass is 127. The summed E-state index contributed by atoms with van der Waals surface area (Å²) in [5.74, 6) is 0.448. The van der Waals surface area contributed by atoms with Crippen molar-refractivity contribution in [2.75, 3.05) is 5.73 Å². The molecule has 0 aliphatic carbocycles. The number of aromatic nitrogens is 3. The number of anilines is 1. The molecule has 0 amide bonds. The van der Waals surface area contributed by atoms with E-state index in [2.05, 4.69) is 9.97 Å². The van der Waals surface area contributed by atoms with Gasteiger partial charge in [-0.05, 0) is 40.3 Å². The Kier molecular flexibility index (Phi) is 3.18. The molecule has 0 atom stereocenters. The van der Waals surface area contributed by atoms with Crippen LogP contribution in [0, 0.1) is 3.57 Å². The van der Waals surface area contributed by atoms with Crippen molar-refractivity contribution < 1.29 is 0 Å². The second-order valence-corrected chi connectivity index (χ2v) is 4.43. The van der Waals surface area contributed by atoms with Gasteiger partial charge in [0.25, 0.3) is 5.56 Å². The minimum atomic E-state index is -0.0500. The molecule has 0 radical (unpaired) electrons. The van der Waals surface area contributed by atoms with Crippen molar-refractivity contribution in [2.24, 2.45) is 0 Å². The van der Waals surface area contributed by atoms with E-state index in [1.165, 1.54) is 10.9 Å². The van der Waals surface area contributed by atoms with E-state index < -0.39 is 0 Å². The van der Waals surface area contributed by atoms with Gasteiger partial charge in [-0.3, -0.25) is 9.36 Å². The van der Waals surface area contributed by atoms with Crippen molar-refractivity contribution in [3.05, 3.63) is 50.3 Å². The monoisotopic (exact) mass is 328 g/mol. The van der Waals surface area contributed by atoms with Crippen LogP contribution in [-0.2, 0) is 6.54 Å². The quantitative estimate of drug-likeness (QED) is 0.831. The Morgan fingerprint density at radius 1 is 1.50 bits per heavy atom. The van der Waals surface area contributed by atoms with Crippen molar-refractivity contribution in [2.45, 2.75) is 6.54 Å². The molecule has 0 aromatic carbocycles. The van der Waals surface area contributed by atoms with E-state index in [4.69, 9.17) is 5.73 Å². The summed E-state index contributed by atoms with van der Waals surface area (Å²) < 4.78 is 2.14. The fourth-order valence-corrected chi connectivity index (χ4v) is 1.80. The predicted octanol–water partition coefficient (Wildman–Crippen LogP) is 0.873. The summed E-state index contributed by atoms with van der Waals surface area (Å²) in [6, 6.07) is 3.56. The molecule has 0 unspecified atom stereocenters. The Labute approximate surface area is 105 Å². The molecule has 0 bridgehead atoms. The molecule has 5 nitrogen and oxygen atoms in total. The van der Waals surface area contributed by atoms with Gasteiger partial charge >= 0.3 is 0 Å². The summed E-state index contributed by atoms with van der Waals surface area (Å²) in [7, 11) is 0. The standard InChI is InChI=1S/C10H9IN4O/c11-8-4-13-6-15(10(8)16)5-7-1-2-14-9(12)3-7/h1-4,6H,5H2,(H2,12,14). The van der Waals surface area contributed by atoms with Crippen LogP contribution < -0.4 is 11.3 Å². The van der Waals surface area contributed by atoms with E-state index in [0.29, 0.717) is 15.9 Å². The Balaban J connectivity index is 2.34. The van der Waals surface area contributed by atoms with E-state index in [-0.39, 0.29) is 5.56 Å². The molecule has 0 aliphatic rings. The minimum absolute atomic E-state index is 0.0500. The van der Waals surface area contributed by atoms with E-state index >= 15 is 0 Å². The van der Waals surface area contributed by atoms with Crippen LogP contribution in [0.4, 0.5) is 5.82 Å². The number of pyridine rings is 1. The minimum Gasteiger partial charge on any atom is -0.384 e. The molecular weight excluding hydrogens is 319 g/mol. The average Bonchev–Trinajstić information content (AvgIpc) is 2.25. The molecule has 2 aromatic rings. The molecule has 2 rings (SSSR count). The van der Waals surface area contributed by atoms with Gasteiger partial charge in [0, 0.05) is 12.4 Å². The lowest BCUT2D eigenvalue weighted by molar-refractivity contribution is 0.729. The van der Waals surface area contributed by atoms with Crippen LogP contribution in [0.2, 0.25) is 0 Å². The third-order valence-electron chi connectivity index (χ3n) is 2.06. The zero-order valence-corrected chi connectivity index (χ0v) is 10.5. The fraction of sp³-hybridized carbons (Fsp3) is 0.100. The summed E-state index contributed by atoms with van der Waals surface area (Å²) in [6.45, 7) is 0.454. The van der Waals surface area contributed by atoms with E-state index in [0.717, 1.165) is 5.56 Å². The largest absolute Gasteiger partial charge is 0.384 e. The number of nitrogens with two attached hydrogens (primary N) is 1. The zero-order valence-electron chi connectivity index (χ0n) is 8.30. The van der Waals surface area contributed by atoms with Gasteiger partial charge < -0.3 is 5.73 Å². The third-order valence-corrected chi connectivity index (χ3v) is 2.80. The second-order valence-electron chi connectivity index (χ2n) is 3.26. The number of rotatable bonds is 2. The molecule has 0 saturated heterocycles. The van der Waals surface area contributed by atoms with Gasteiger partial charge in [-0.25, -0.2) is 9.97 Å². The first kappa shape index (κ1) is 11.1. The van der Waals surface area contributed by atoms with Crippen LogP contribution >= 0.6 is 22.6 Å². The first-order valence-electron chi connectivity index (χ1n) is 4.57. The summed E-state index contributed by atoms with van der Waals surface area (Å²) in [4.78, 5) is 19.6. The zero-order chi connectivity index (χ0) is 11.5. The molecule has 0 saturated carbocycles. The second kappa shape index (κ2) is 4.60. The van der Waals surface area contributed by atoms with Crippen LogP contribution in [0.1, 0.15) is 5.56 Å². The normalized spacial score (nSPS) is 10.3. The molecule has 2 N–H and O–H groups in total. The molecule has 0 spiro atoms. The van der Waals surface area contributed by atoms with E-state index in [9.17, 15) is 4.79 Å². The van der Waals surface area contributed by atoms with Gasteiger partial charge in [0.1, 0.15) is 5.82 Å². The van der Waals surface area contributed by atoms with Gasteiger partial charge in [-0.15, -0.1) is 0 Å². The Morgan fingerprint density at radius 3 is 3.06 bits per heavy atom. The Hall–Kier alpha value is -1.44. The number of nitrogen functional groups attached to an aromatic ring is 1. The van der Waals surface area contributed by atoms with Crippen molar-refractivity contribution in [3.63, 3.8) is 0 Å². The van der Waals surface area contributed by atoms with Gasteiger partial charge in [0.05, 0.1) is 16.4 Å². The maximum absolute atomic E-state index is 11.7. The average molecular weight is 328 g/mol. The number of halogens is 1. The molecule has 16 heavy (non-hydrogen) atoms. The van der Waals surface area contributed by atoms with Crippen molar-refractivity contribution in [1.82, 2.24) is 14.5 Å². The van der Waals surface area contributed by atoms with Gasteiger partial charge in [0.2, 0.25) is 0 Å². The summed E-state index contributed by atoms with van der Waals surface area (Å²) in [5.41, 5.74) is 6.44. The Bertz CT molecular complexity index is 567. The van der Waals surface area contributed by atoms with Gasteiger partial charge in [-0.1, -0.05) is 0 Å². The summed E-state index contributed by atoms with van der Waals surface area (Å²) in [5, 5.41) is 0. The first-order valence-corrected chi connectivity index (χ1v) is 5.65. The molecule has 0 aliphatic heterocycles. The van der Waals surface area contributed by atoms with Crippen LogP contribution in [0.3, 0.4) is 0 Å². The molecule has 2 aromatic heterocycles. The topological polar surface area (TPSA) is 73.8 Å². The van der Waals surface area contributed by atoms with Crippen molar-refractivity contribution in [3.8, 4) is 0 Å². The molecule has 82 valence electrons. The lowest BCUT2D eigenvalue weighted by Gasteiger charge is -2.05. The molecule has 2 heterocycles. The highest BCUT2D eigenvalue weighted by Crippen LogP contribution is 2.04. The van der Waals surface area contributed by atoms with E-state index in [1.54, 1.807) is 18.5 Å². The first-order chi connectivity index (χ1) is 7.66. The lowest BCUT2D eigenvalue weighted by Crippen LogP contribution is -2.22. The summed E-state index contributed by atoms with van der Waals surface area (Å²) in [6.07, 6.45) is 4.68. The van der Waals surface area contributed by atoms with Crippen LogP contribution in [0.25, 0.3) is 0 Å². The van der Waals surface area contributed by atoms with Crippen LogP contribution in [0.5, 0.6) is 0 Å².